The molecule has 0 spiro atoms. The first kappa shape index (κ1) is 32.9. The van der Waals surface area contributed by atoms with E-state index >= 15 is 0 Å². The van der Waals surface area contributed by atoms with Gasteiger partial charge in [-0.05, 0) is 68.9 Å². The van der Waals surface area contributed by atoms with Crippen molar-refractivity contribution in [2.45, 2.75) is 53.0 Å². The highest BCUT2D eigenvalue weighted by molar-refractivity contribution is 5.95. The normalized spacial score (nSPS) is 14.7. The third kappa shape index (κ3) is 8.10. The summed E-state index contributed by atoms with van der Waals surface area (Å²) < 4.78 is 23.8. The standard InChI is InChI=1S/C36H44N6O5/c1-4-44-13-14-46-17-18-47-16-15-45-12-11-33(43)29-8-7-27-19-26(5-6-28(27)20-29)22-42-36-34(24(2)37-23-38-36)35(41-42)30-9-10-31-32(21-30)40-25(3)39-31/h5-6,9-10,19,21,23,29H,4,7-8,11-18,20,22H2,1-3H3,(H,39,40). The first-order chi connectivity index (χ1) is 23.0. The number of hydrogen-bond donors (Lipinski definition) is 1. The predicted molar refractivity (Wildman–Crippen MR) is 180 cm³/mol. The molecule has 6 rings (SSSR count). The zero-order chi connectivity index (χ0) is 32.6. The Morgan fingerprint density at radius 3 is 2.47 bits per heavy atom. The predicted octanol–water partition coefficient (Wildman–Crippen LogP) is 5.19. The van der Waals surface area contributed by atoms with E-state index in [1.807, 2.05) is 31.5 Å². The van der Waals surface area contributed by atoms with Crippen molar-refractivity contribution in [1.29, 1.82) is 0 Å². The maximum Gasteiger partial charge on any atom is 0.162 e. The number of carbonyl (C=O) groups excluding carboxylic acids is 1. The van der Waals surface area contributed by atoms with Crippen molar-refractivity contribution in [1.82, 2.24) is 29.7 Å². The van der Waals surface area contributed by atoms with Gasteiger partial charge in [-0.25, -0.2) is 19.6 Å². The Bertz CT molecular complexity index is 1810. The van der Waals surface area contributed by atoms with Gasteiger partial charge in [-0.2, -0.15) is 5.10 Å². The summed E-state index contributed by atoms with van der Waals surface area (Å²) >= 11 is 0. The lowest BCUT2D eigenvalue weighted by Crippen LogP contribution is -2.24. The lowest BCUT2D eigenvalue weighted by Gasteiger charge is -2.24. The van der Waals surface area contributed by atoms with Crippen molar-refractivity contribution in [2.75, 3.05) is 52.9 Å². The van der Waals surface area contributed by atoms with E-state index in [9.17, 15) is 4.79 Å². The fourth-order valence-corrected chi connectivity index (χ4v) is 6.28. The molecule has 5 aromatic rings. The SMILES string of the molecule is CCOCCOCCOCCOCCC(=O)C1CCc2cc(Cn3nc(-c4ccc5nc(C)[nH]c5c4)c4c(C)ncnc43)ccc2C1. The van der Waals surface area contributed by atoms with E-state index in [2.05, 4.69) is 50.3 Å². The molecule has 11 nitrogen and oxygen atoms in total. The maximum absolute atomic E-state index is 13.0. The molecule has 0 amide bonds. The highest BCUT2D eigenvalue weighted by Gasteiger charge is 2.25. The van der Waals surface area contributed by atoms with Crippen LogP contribution in [0.15, 0.2) is 42.7 Å². The molecule has 0 bridgehead atoms. The van der Waals surface area contributed by atoms with Crippen LogP contribution in [0.2, 0.25) is 0 Å². The number of H-pyrrole nitrogens is 1. The minimum Gasteiger partial charge on any atom is -0.379 e. The van der Waals surface area contributed by atoms with Gasteiger partial charge in [-0.1, -0.05) is 24.3 Å². The van der Waals surface area contributed by atoms with Crippen molar-refractivity contribution in [3.05, 3.63) is 70.9 Å². The van der Waals surface area contributed by atoms with Crippen LogP contribution < -0.4 is 0 Å². The molecule has 3 aromatic heterocycles. The molecule has 1 atom stereocenters. The van der Waals surface area contributed by atoms with Crippen molar-refractivity contribution in [3.63, 3.8) is 0 Å². The summed E-state index contributed by atoms with van der Waals surface area (Å²) in [6.45, 7) is 10.8. The van der Waals surface area contributed by atoms with Crippen LogP contribution in [0, 0.1) is 19.8 Å². The number of fused-ring (bicyclic) bond motifs is 3. The molecule has 0 saturated carbocycles. The molecule has 47 heavy (non-hydrogen) atoms. The Hall–Kier alpha value is -4.03. The van der Waals surface area contributed by atoms with Gasteiger partial charge in [0.25, 0.3) is 0 Å². The zero-order valence-electron chi connectivity index (χ0n) is 27.6. The van der Waals surface area contributed by atoms with Crippen LogP contribution in [0.25, 0.3) is 33.3 Å². The van der Waals surface area contributed by atoms with E-state index in [0.717, 1.165) is 69.7 Å². The average Bonchev–Trinajstić information content (AvgIpc) is 3.64. The number of hydrogen-bond acceptors (Lipinski definition) is 9. The van der Waals surface area contributed by atoms with E-state index in [1.54, 1.807) is 6.33 Å². The first-order valence-electron chi connectivity index (χ1n) is 16.6. The third-order valence-corrected chi connectivity index (χ3v) is 8.69. The van der Waals surface area contributed by atoms with Gasteiger partial charge in [0, 0.05) is 24.5 Å². The van der Waals surface area contributed by atoms with Gasteiger partial charge in [0.05, 0.1) is 74.9 Å². The van der Waals surface area contributed by atoms with Gasteiger partial charge in [0.15, 0.2) is 5.65 Å². The minimum atomic E-state index is 0.0373. The number of Topliss-reactive ketones (excluding diaryl/α,β-unsaturated/α-hetero) is 1. The fraction of sp³-hybridized carbons (Fsp3) is 0.472. The summed E-state index contributed by atoms with van der Waals surface area (Å²) in [6, 6.07) is 12.8. The van der Waals surface area contributed by atoms with Gasteiger partial charge in [0.2, 0.25) is 0 Å². The Morgan fingerprint density at radius 2 is 1.68 bits per heavy atom. The molecule has 2 aromatic carbocycles. The molecular formula is C36H44N6O5. The summed E-state index contributed by atoms with van der Waals surface area (Å²) in [5.74, 6) is 1.20. The van der Waals surface area contributed by atoms with Crippen molar-refractivity contribution >= 4 is 27.9 Å². The van der Waals surface area contributed by atoms with E-state index in [0.29, 0.717) is 65.8 Å². The molecular weight excluding hydrogens is 596 g/mol. The molecule has 0 fully saturated rings. The molecule has 11 heteroatoms. The summed E-state index contributed by atoms with van der Waals surface area (Å²) in [4.78, 5) is 30.0. The second kappa shape index (κ2) is 15.7. The molecule has 248 valence electrons. The van der Waals surface area contributed by atoms with Crippen molar-refractivity contribution < 1.29 is 23.7 Å². The number of ether oxygens (including phenoxy) is 4. The maximum atomic E-state index is 13.0. The lowest BCUT2D eigenvalue weighted by molar-refractivity contribution is -0.124. The Kier molecular flexibility index (Phi) is 11.0. The van der Waals surface area contributed by atoms with E-state index in [4.69, 9.17) is 24.0 Å². The number of aromatic amines is 1. The first-order valence-corrected chi connectivity index (χ1v) is 16.6. The Balaban J connectivity index is 1.02. The average molecular weight is 641 g/mol. The van der Waals surface area contributed by atoms with E-state index in [-0.39, 0.29) is 11.7 Å². The van der Waals surface area contributed by atoms with Gasteiger partial charge in [0.1, 0.15) is 23.6 Å². The van der Waals surface area contributed by atoms with Crippen molar-refractivity contribution in [3.8, 4) is 11.3 Å². The number of nitrogens with zero attached hydrogens (tertiary/aromatic N) is 5. The fourth-order valence-electron chi connectivity index (χ4n) is 6.28. The van der Waals surface area contributed by atoms with Crippen LogP contribution in [0.5, 0.6) is 0 Å². The highest BCUT2D eigenvalue weighted by Crippen LogP contribution is 2.32. The molecule has 1 N–H and O–H groups in total. The molecule has 3 heterocycles. The monoisotopic (exact) mass is 640 g/mol. The third-order valence-electron chi connectivity index (χ3n) is 8.69. The van der Waals surface area contributed by atoms with Crippen LogP contribution in [0.3, 0.4) is 0 Å². The van der Waals surface area contributed by atoms with Crippen molar-refractivity contribution in [2.24, 2.45) is 5.92 Å². The number of aryl methyl sites for hydroxylation is 3. The number of imidazole rings is 1. The lowest BCUT2D eigenvalue weighted by atomic mass is 9.80. The number of benzene rings is 2. The molecule has 1 aliphatic carbocycles. The van der Waals surface area contributed by atoms with Crippen LogP contribution in [0.1, 0.15) is 48.0 Å². The van der Waals surface area contributed by atoms with Crippen LogP contribution in [-0.2, 0) is 43.1 Å². The van der Waals surface area contributed by atoms with Gasteiger partial charge >= 0.3 is 0 Å². The molecule has 0 aliphatic heterocycles. The van der Waals surface area contributed by atoms with Crippen LogP contribution in [-0.4, -0.2) is 88.4 Å². The number of carbonyl (C=O) groups is 1. The van der Waals surface area contributed by atoms with E-state index in [1.165, 1.54) is 11.1 Å². The van der Waals surface area contributed by atoms with Gasteiger partial charge < -0.3 is 23.9 Å². The summed E-state index contributed by atoms with van der Waals surface area (Å²) in [7, 11) is 0. The Labute approximate surface area is 275 Å². The minimum absolute atomic E-state index is 0.0373. The topological polar surface area (TPSA) is 126 Å². The largest absolute Gasteiger partial charge is 0.379 e. The zero-order valence-corrected chi connectivity index (χ0v) is 27.6. The summed E-state index contributed by atoms with van der Waals surface area (Å²) in [5.41, 5.74) is 9.20. The second-order valence-corrected chi connectivity index (χ2v) is 12.0. The molecule has 1 aliphatic rings. The van der Waals surface area contributed by atoms with Crippen LogP contribution >= 0.6 is 0 Å². The summed E-state index contributed by atoms with van der Waals surface area (Å²) in [6.07, 6.45) is 4.56. The molecule has 0 radical (unpaired) electrons. The number of nitrogens with one attached hydrogen (secondary N) is 1. The van der Waals surface area contributed by atoms with E-state index < -0.39 is 0 Å². The second-order valence-electron chi connectivity index (χ2n) is 12.0. The molecule has 0 saturated heterocycles. The number of rotatable bonds is 17. The number of aromatic nitrogens is 6. The Morgan fingerprint density at radius 1 is 0.915 bits per heavy atom. The quantitative estimate of drug-likeness (QED) is 0.137. The summed E-state index contributed by atoms with van der Waals surface area (Å²) in [5, 5.41) is 6.01. The van der Waals surface area contributed by atoms with Crippen LogP contribution in [0.4, 0.5) is 0 Å². The van der Waals surface area contributed by atoms with Gasteiger partial charge in [-0.15, -0.1) is 0 Å². The number of ketones is 1. The highest BCUT2D eigenvalue weighted by atomic mass is 16.6. The molecule has 1 unspecified atom stereocenters. The smallest absolute Gasteiger partial charge is 0.162 e. The van der Waals surface area contributed by atoms with Gasteiger partial charge in [-0.3, -0.25) is 4.79 Å².